The molecule has 1 heterocycles. The molecule has 0 spiro atoms. The molecule has 2 aromatic rings. The molecule has 0 aliphatic carbocycles. The van der Waals surface area contributed by atoms with Crippen LogP contribution in [0.25, 0.3) is 0 Å². The first kappa shape index (κ1) is 24.2. The normalized spacial score (nSPS) is 16.3. The van der Waals surface area contributed by atoms with Crippen molar-refractivity contribution in [3.05, 3.63) is 53.6 Å². The van der Waals surface area contributed by atoms with Crippen LogP contribution < -0.4 is 10.1 Å². The zero-order chi connectivity index (χ0) is 23.5. The van der Waals surface area contributed by atoms with E-state index in [1.54, 1.807) is 19.1 Å². The van der Waals surface area contributed by atoms with Gasteiger partial charge in [0.05, 0.1) is 41.7 Å². The van der Waals surface area contributed by atoms with Crippen molar-refractivity contribution in [1.29, 1.82) is 0 Å². The summed E-state index contributed by atoms with van der Waals surface area (Å²) < 4.78 is 61.0. The van der Waals surface area contributed by atoms with E-state index >= 15 is 0 Å². The maximum Gasteiger partial charge on any atom is 0.255 e. The zero-order valence-corrected chi connectivity index (χ0v) is 19.7. The van der Waals surface area contributed by atoms with Crippen LogP contribution in [0, 0.1) is 0 Å². The number of methoxy groups -OCH3 is 1. The summed E-state index contributed by atoms with van der Waals surface area (Å²) in [7, 11) is -5.70. The van der Waals surface area contributed by atoms with Gasteiger partial charge in [-0.25, -0.2) is 16.8 Å². The van der Waals surface area contributed by atoms with Gasteiger partial charge < -0.3 is 14.8 Å². The first-order valence-electron chi connectivity index (χ1n) is 9.91. The maximum atomic E-state index is 13.0. The summed E-state index contributed by atoms with van der Waals surface area (Å²) in [4.78, 5) is 13.2. The predicted molar refractivity (Wildman–Crippen MR) is 118 cm³/mol. The van der Waals surface area contributed by atoms with Crippen LogP contribution in [0.15, 0.2) is 52.3 Å². The summed E-state index contributed by atoms with van der Waals surface area (Å²) >= 11 is 0. The van der Waals surface area contributed by atoms with Gasteiger partial charge in [0.1, 0.15) is 5.75 Å². The lowest BCUT2D eigenvalue weighted by atomic mass is 10.1. The molecule has 11 heteroatoms. The highest BCUT2D eigenvalue weighted by atomic mass is 32.2. The molecule has 1 N–H and O–H groups in total. The minimum atomic E-state index is -3.78. The highest BCUT2D eigenvalue weighted by Crippen LogP contribution is 2.26. The van der Waals surface area contributed by atoms with Gasteiger partial charge in [0, 0.05) is 19.3 Å². The minimum Gasteiger partial charge on any atom is -0.496 e. The fourth-order valence-electron chi connectivity index (χ4n) is 3.32. The summed E-state index contributed by atoms with van der Waals surface area (Å²) in [5, 5.41) is 2.81. The van der Waals surface area contributed by atoms with Crippen molar-refractivity contribution >= 4 is 25.8 Å². The van der Waals surface area contributed by atoms with Gasteiger partial charge in [-0.1, -0.05) is 12.1 Å². The number of sulfone groups is 1. The van der Waals surface area contributed by atoms with Gasteiger partial charge in [0.2, 0.25) is 10.0 Å². The average Bonchev–Trinajstić information content (AvgIpc) is 2.78. The molecule has 2 aromatic carbocycles. The number of carbonyl (C=O) groups is 1. The van der Waals surface area contributed by atoms with E-state index < -0.39 is 31.8 Å². The van der Waals surface area contributed by atoms with Crippen molar-refractivity contribution < 1.29 is 31.1 Å². The van der Waals surface area contributed by atoms with Crippen molar-refractivity contribution in [3.8, 4) is 5.75 Å². The Kier molecular flexibility index (Phi) is 7.23. The topological polar surface area (TPSA) is 119 Å². The Hall–Kier alpha value is -2.47. The van der Waals surface area contributed by atoms with E-state index in [4.69, 9.17) is 9.47 Å². The van der Waals surface area contributed by atoms with Crippen molar-refractivity contribution in [2.24, 2.45) is 0 Å². The number of amides is 1. The number of carbonyl (C=O) groups excluding carboxylic acids is 1. The van der Waals surface area contributed by atoms with Crippen LogP contribution in [0.4, 0.5) is 0 Å². The Morgan fingerprint density at radius 3 is 2.19 bits per heavy atom. The average molecular weight is 483 g/mol. The molecule has 1 saturated heterocycles. The molecule has 1 fully saturated rings. The van der Waals surface area contributed by atoms with Crippen molar-refractivity contribution in [1.82, 2.24) is 9.62 Å². The number of morpholine rings is 1. The zero-order valence-electron chi connectivity index (χ0n) is 18.1. The van der Waals surface area contributed by atoms with Gasteiger partial charge in [-0.3, -0.25) is 4.79 Å². The Bertz CT molecular complexity index is 1190. The van der Waals surface area contributed by atoms with Gasteiger partial charge in [-0.2, -0.15) is 4.31 Å². The van der Waals surface area contributed by atoms with E-state index in [9.17, 15) is 21.6 Å². The number of ether oxygens (including phenoxy) is 2. The number of nitrogens with zero attached hydrogens (tertiary/aromatic N) is 1. The predicted octanol–water partition coefficient (Wildman–Crippen LogP) is 1.61. The quantitative estimate of drug-likeness (QED) is 0.637. The summed E-state index contributed by atoms with van der Waals surface area (Å²) in [5.41, 5.74) is 0.781. The van der Waals surface area contributed by atoms with Crippen LogP contribution in [0.5, 0.6) is 5.75 Å². The lowest BCUT2D eigenvalue weighted by Crippen LogP contribution is -2.40. The Labute approximate surface area is 188 Å². The summed E-state index contributed by atoms with van der Waals surface area (Å²) in [5.74, 6) is -0.274. The van der Waals surface area contributed by atoms with Gasteiger partial charge in [-0.05, 0) is 42.8 Å². The van der Waals surface area contributed by atoms with Crippen LogP contribution in [0.3, 0.4) is 0 Å². The Morgan fingerprint density at radius 1 is 1.03 bits per heavy atom. The molecule has 3 rings (SSSR count). The second-order valence-electron chi connectivity index (χ2n) is 7.41. The van der Waals surface area contributed by atoms with E-state index in [2.05, 4.69) is 5.32 Å². The second-order valence-corrected chi connectivity index (χ2v) is 11.4. The fourth-order valence-corrected chi connectivity index (χ4v) is 5.39. The molecule has 32 heavy (non-hydrogen) atoms. The highest BCUT2D eigenvalue weighted by Gasteiger charge is 2.28. The molecule has 0 saturated carbocycles. The molecule has 0 bridgehead atoms. The molecule has 1 aliphatic heterocycles. The van der Waals surface area contributed by atoms with Gasteiger partial charge >= 0.3 is 0 Å². The molecule has 9 nitrogen and oxygen atoms in total. The molecule has 0 unspecified atom stereocenters. The number of hydrogen-bond acceptors (Lipinski definition) is 7. The molecule has 1 atom stereocenters. The number of hydrogen-bond donors (Lipinski definition) is 1. The number of nitrogens with one attached hydrogen (secondary N) is 1. The minimum absolute atomic E-state index is 0.00416. The maximum absolute atomic E-state index is 13.0. The van der Waals surface area contributed by atoms with Crippen molar-refractivity contribution in [2.45, 2.75) is 22.8 Å². The monoisotopic (exact) mass is 482 g/mol. The fraction of sp³-hybridized carbons (Fsp3) is 0.381. The standard InChI is InChI=1S/C21H26N2O7S2/c1-15(16-4-6-17(7-5-16)31(3,25)26)22-21(24)19-14-18(8-9-20(19)29-2)32(27,28)23-10-12-30-13-11-23/h4-9,14-15H,10-13H2,1-3H3,(H,22,24)/t15-/m1/s1. The molecule has 174 valence electrons. The SMILES string of the molecule is COc1ccc(S(=O)(=O)N2CCOCC2)cc1C(=O)N[C@H](C)c1ccc(S(C)(=O)=O)cc1. The largest absolute Gasteiger partial charge is 0.496 e. The van der Waals surface area contributed by atoms with Crippen molar-refractivity contribution in [3.63, 3.8) is 0 Å². The number of benzene rings is 2. The number of rotatable bonds is 7. The van der Waals surface area contributed by atoms with E-state index in [-0.39, 0.29) is 34.2 Å². The van der Waals surface area contributed by atoms with Crippen molar-refractivity contribution in [2.75, 3.05) is 39.7 Å². The van der Waals surface area contributed by atoms with Crippen LogP contribution in [0.2, 0.25) is 0 Å². The Morgan fingerprint density at radius 2 is 1.62 bits per heavy atom. The molecular weight excluding hydrogens is 456 g/mol. The second kappa shape index (κ2) is 9.57. The third-order valence-corrected chi connectivity index (χ3v) is 8.20. The molecule has 1 aliphatic rings. The molecule has 1 amide bonds. The smallest absolute Gasteiger partial charge is 0.255 e. The van der Waals surface area contributed by atoms with Crippen LogP contribution >= 0.6 is 0 Å². The van der Waals surface area contributed by atoms with E-state index in [1.807, 2.05) is 0 Å². The Balaban J connectivity index is 1.84. The summed E-state index contributed by atoms with van der Waals surface area (Å²) in [6.45, 7) is 2.87. The summed E-state index contributed by atoms with van der Waals surface area (Å²) in [6.07, 6.45) is 1.12. The first-order valence-corrected chi connectivity index (χ1v) is 13.2. The highest BCUT2D eigenvalue weighted by molar-refractivity contribution is 7.90. The van der Waals surface area contributed by atoms with E-state index in [0.717, 1.165) is 6.26 Å². The third-order valence-electron chi connectivity index (χ3n) is 5.18. The van der Waals surface area contributed by atoms with E-state index in [1.165, 1.54) is 41.7 Å². The lowest BCUT2D eigenvalue weighted by molar-refractivity contribution is 0.0730. The third kappa shape index (κ3) is 5.29. The molecule has 0 radical (unpaired) electrons. The summed E-state index contributed by atoms with van der Waals surface area (Å²) in [6, 6.07) is 9.91. The first-order chi connectivity index (χ1) is 15.0. The molecule has 0 aromatic heterocycles. The lowest BCUT2D eigenvalue weighted by Gasteiger charge is -2.26. The number of sulfonamides is 1. The molecular formula is C21H26N2O7S2. The van der Waals surface area contributed by atoms with Gasteiger partial charge in [-0.15, -0.1) is 0 Å². The van der Waals surface area contributed by atoms with E-state index in [0.29, 0.717) is 18.8 Å². The van der Waals surface area contributed by atoms with Crippen LogP contribution in [-0.4, -0.2) is 66.7 Å². The van der Waals surface area contributed by atoms with Gasteiger partial charge in [0.25, 0.3) is 5.91 Å². The van der Waals surface area contributed by atoms with Gasteiger partial charge in [0.15, 0.2) is 9.84 Å². The van der Waals surface area contributed by atoms with Crippen LogP contribution in [0.1, 0.15) is 28.9 Å². The van der Waals surface area contributed by atoms with Crippen LogP contribution in [-0.2, 0) is 24.6 Å².